The Morgan fingerprint density at radius 1 is 0.923 bits per heavy atom. The van der Waals surface area contributed by atoms with Crippen LogP contribution in [0.5, 0.6) is 0 Å². The quantitative estimate of drug-likeness (QED) is 0.464. The summed E-state index contributed by atoms with van der Waals surface area (Å²) in [5.74, 6) is 0.867. The summed E-state index contributed by atoms with van der Waals surface area (Å²) in [5.41, 5.74) is 6.78. The molecule has 126 valence electrons. The number of hydrogen-bond donors (Lipinski definition) is 0. The lowest BCUT2D eigenvalue weighted by Crippen LogP contribution is -2.15. The Balaban J connectivity index is 1.66. The highest BCUT2D eigenvalue weighted by Crippen LogP contribution is 2.40. The summed E-state index contributed by atoms with van der Waals surface area (Å²) in [6.07, 6.45) is 4.40. The van der Waals surface area contributed by atoms with Crippen LogP contribution in [-0.2, 0) is 6.42 Å². The van der Waals surface area contributed by atoms with Crippen molar-refractivity contribution in [3.63, 3.8) is 0 Å². The number of pyridine rings is 1. The Morgan fingerprint density at radius 2 is 1.81 bits per heavy atom. The largest absolute Gasteiger partial charge is 0.324 e. The summed E-state index contributed by atoms with van der Waals surface area (Å²) >= 11 is 3.47. The maximum atomic E-state index is 4.57. The number of hydrogen-bond acceptors (Lipinski definition) is 4. The van der Waals surface area contributed by atoms with E-state index in [2.05, 4.69) is 84.3 Å². The maximum absolute atomic E-state index is 4.57. The molecule has 0 fully saturated rings. The molecule has 0 N–H and O–H groups in total. The Labute approximate surface area is 159 Å². The molecule has 4 nitrogen and oxygen atoms in total. The Hall–Kier alpha value is -2.79. The molecule has 2 aromatic heterocycles. The van der Waals surface area contributed by atoms with Gasteiger partial charge >= 0.3 is 0 Å². The highest BCUT2D eigenvalue weighted by Gasteiger charge is 2.26. The van der Waals surface area contributed by atoms with Gasteiger partial charge in [0.15, 0.2) is 5.82 Å². The Morgan fingerprint density at radius 3 is 2.69 bits per heavy atom. The predicted octanol–water partition coefficient (Wildman–Crippen LogP) is 5.15. The highest BCUT2D eigenvalue weighted by molar-refractivity contribution is 9.10. The first-order chi connectivity index (χ1) is 12.8. The maximum Gasteiger partial charge on any atom is 0.163 e. The van der Waals surface area contributed by atoms with Crippen LogP contribution in [0.15, 0.2) is 71.6 Å². The molecule has 1 aliphatic rings. The summed E-state index contributed by atoms with van der Waals surface area (Å²) in [7, 11) is 0. The molecule has 0 unspecified atom stereocenters. The predicted molar refractivity (Wildman–Crippen MR) is 108 cm³/mol. The summed E-state index contributed by atoms with van der Waals surface area (Å²) in [6.45, 7) is 0.892. The van der Waals surface area contributed by atoms with Crippen molar-refractivity contribution in [1.82, 2.24) is 15.0 Å². The van der Waals surface area contributed by atoms with Crippen LogP contribution in [0.4, 0.5) is 11.5 Å². The second-order valence-corrected chi connectivity index (χ2v) is 7.21. The van der Waals surface area contributed by atoms with Crippen molar-refractivity contribution >= 4 is 38.5 Å². The van der Waals surface area contributed by atoms with Crippen LogP contribution in [0.3, 0.4) is 0 Å². The average molecular weight is 403 g/mol. The van der Waals surface area contributed by atoms with Gasteiger partial charge in [0.05, 0.1) is 5.52 Å². The zero-order chi connectivity index (χ0) is 17.5. The summed E-state index contributed by atoms with van der Waals surface area (Å²) in [4.78, 5) is 15.7. The number of rotatable bonds is 2. The van der Waals surface area contributed by atoms with Gasteiger partial charge in [-0.25, -0.2) is 15.0 Å². The first-order valence-corrected chi connectivity index (χ1v) is 9.32. The molecule has 3 heterocycles. The highest BCUT2D eigenvalue weighted by atomic mass is 79.9. The van der Waals surface area contributed by atoms with Crippen LogP contribution in [-0.4, -0.2) is 21.5 Å². The smallest absolute Gasteiger partial charge is 0.163 e. The molecule has 26 heavy (non-hydrogen) atoms. The van der Waals surface area contributed by atoms with E-state index >= 15 is 0 Å². The second-order valence-electron chi connectivity index (χ2n) is 6.29. The van der Waals surface area contributed by atoms with Crippen LogP contribution >= 0.6 is 15.9 Å². The molecule has 0 spiro atoms. The normalized spacial score (nSPS) is 13.2. The lowest BCUT2D eigenvalue weighted by atomic mass is 9.98. The van der Waals surface area contributed by atoms with E-state index in [9.17, 15) is 0 Å². The number of nitrogens with zero attached hydrogens (tertiary/aromatic N) is 4. The van der Waals surface area contributed by atoms with Gasteiger partial charge in [-0.1, -0.05) is 42.5 Å². The molecule has 1 aliphatic heterocycles. The van der Waals surface area contributed by atoms with Crippen molar-refractivity contribution in [1.29, 1.82) is 0 Å². The minimum atomic E-state index is 0.827. The topological polar surface area (TPSA) is 41.9 Å². The van der Waals surface area contributed by atoms with Crippen LogP contribution in [0.1, 0.15) is 5.56 Å². The van der Waals surface area contributed by atoms with Gasteiger partial charge in [-0.05, 0) is 51.2 Å². The van der Waals surface area contributed by atoms with Gasteiger partial charge in [-0.2, -0.15) is 0 Å². The van der Waals surface area contributed by atoms with E-state index in [1.54, 1.807) is 12.5 Å². The molecule has 0 atom stereocenters. The number of fused-ring (bicyclic) bond motifs is 2. The molecule has 0 saturated heterocycles. The van der Waals surface area contributed by atoms with E-state index in [0.717, 1.165) is 34.3 Å². The molecule has 5 heteroatoms. The molecule has 0 radical (unpaired) electrons. The summed E-state index contributed by atoms with van der Waals surface area (Å²) < 4.78 is 0.919. The molecular formula is C21H15BrN4. The monoisotopic (exact) mass is 402 g/mol. The lowest BCUT2D eigenvalue weighted by molar-refractivity contribution is 0.971. The van der Waals surface area contributed by atoms with E-state index in [0.29, 0.717) is 0 Å². The lowest BCUT2D eigenvalue weighted by Gasteiger charge is -2.19. The van der Waals surface area contributed by atoms with Gasteiger partial charge in [0.25, 0.3) is 0 Å². The third kappa shape index (κ3) is 2.47. The Bertz CT molecular complexity index is 1110. The standard InChI is InChI=1S/C21H15BrN4/c22-15-11-18-20(23-12-15)21(25-13-24-18)26-10-9-17-16(7-4-8-19(17)26)14-5-2-1-3-6-14/h1-8,11-13H,9-10H2. The number of anilines is 2. The second kappa shape index (κ2) is 6.18. The number of benzene rings is 2. The average Bonchev–Trinajstić information content (AvgIpc) is 3.12. The van der Waals surface area contributed by atoms with E-state index < -0.39 is 0 Å². The van der Waals surface area contributed by atoms with Crippen molar-refractivity contribution in [2.45, 2.75) is 6.42 Å². The first kappa shape index (κ1) is 15.5. The molecule has 0 bridgehead atoms. The van der Waals surface area contributed by atoms with E-state index in [1.807, 2.05) is 6.07 Å². The number of aromatic nitrogens is 3. The van der Waals surface area contributed by atoms with Crippen LogP contribution in [0.25, 0.3) is 22.2 Å². The van der Waals surface area contributed by atoms with Gasteiger partial charge in [0.2, 0.25) is 0 Å². The van der Waals surface area contributed by atoms with E-state index in [1.165, 1.54) is 22.4 Å². The molecule has 5 rings (SSSR count). The van der Waals surface area contributed by atoms with Gasteiger partial charge in [0, 0.05) is 22.9 Å². The van der Waals surface area contributed by atoms with Gasteiger partial charge in [-0.15, -0.1) is 0 Å². The Kier molecular flexibility index (Phi) is 3.68. The van der Waals surface area contributed by atoms with Crippen molar-refractivity contribution in [2.24, 2.45) is 0 Å². The molecular weight excluding hydrogens is 388 g/mol. The molecule has 0 saturated carbocycles. The molecule has 0 amide bonds. The third-order valence-corrected chi connectivity index (χ3v) is 5.22. The summed E-state index contributed by atoms with van der Waals surface area (Å²) in [6, 6.07) is 19.0. The fourth-order valence-corrected chi connectivity index (χ4v) is 3.97. The van der Waals surface area contributed by atoms with Crippen molar-refractivity contribution in [2.75, 3.05) is 11.4 Å². The fraction of sp³-hybridized carbons (Fsp3) is 0.0952. The van der Waals surface area contributed by atoms with Crippen LogP contribution in [0.2, 0.25) is 0 Å². The third-order valence-electron chi connectivity index (χ3n) is 4.79. The van der Waals surface area contributed by atoms with Crippen molar-refractivity contribution < 1.29 is 0 Å². The van der Waals surface area contributed by atoms with E-state index in [-0.39, 0.29) is 0 Å². The molecule has 2 aromatic carbocycles. The van der Waals surface area contributed by atoms with Crippen molar-refractivity contribution in [3.8, 4) is 11.1 Å². The van der Waals surface area contributed by atoms with Gasteiger partial charge in [0.1, 0.15) is 11.8 Å². The SMILES string of the molecule is Brc1cnc2c(N3CCc4c(-c5ccccc5)cccc43)ncnc2c1. The van der Waals surface area contributed by atoms with Gasteiger partial charge in [-0.3, -0.25) is 0 Å². The van der Waals surface area contributed by atoms with Gasteiger partial charge < -0.3 is 4.90 Å². The minimum absolute atomic E-state index is 0.827. The minimum Gasteiger partial charge on any atom is -0.324 e. The zero-order valence-corrected chi connectivity index (χ0v) is 15.5. The number of halogens is 1. The van der Waals surface area contributed by atoms with Crippen LogP contribution in [0, 0.1) is 0 Å². The first-order valence-electron chi connectivity index (χ1n) is 8.52. The zero-order valence-electron chi connectivity index (χ0n) is 13.9. The molecule has 4 aromatic rings. The van der Waals surface area contributed by atoms with E-state index in [4.69, 9.17) is 0 Å². The summed E-state index contributed by atoms with van der Waals surface area (Å²) in [5, 5.41) is 0. The fourth-order valence-electron chi connectivity index (χ4n) is 3.65. The van der Waals surface area contributed by atoms with Crippen LogP contribution < -0.4 is 4.90 Å². The van der Waals surface area contributed by atoms with Crippen molar-refractivity contribution in [3.05, 3.63) is 77.2 Å². The molecule has 0 aliphatic carbocycles.